The minimum Gasteiger partial charge on any atom is -0.355 e. The Kier molecular flexibility index (Phi) is 10.3. The van der Waals surface area contributed by atoms with E-state index in [-0.39, 0.29) is 23.8 Å². The van der Waals surface area contributed by atoms with Crippen LogP contribution in [-0.2, 0) is 32.6 Å². The third-order valence-electron chi connectivity index (χ3n) is 5.77. The molecule has 196 valence electrons. The Hall–Kier alpha value is -2.72. The number of amides is 2. The number of sulfonamides is 1. The lowest BCUT2D eigenvalue weighted by atomic mass is 10.0. The second-order valence-corrected chi connectivity index (χ2v) is 11.9. The number of carbonyl (C=O) groups is 2. The first kappa shape index (κ1) is 28.8. The number of nitrogens with one attached hydrogen (secondary N) is 1. The Morgan fingerprint density at radius 1 is 0.946 bits per heavy atom. The van der Waals surface area contributed by atoms with Crippen LogP contribution in [0.2, 0.25) is 5.02 Å². The molecule has 0 saturated heterocycles. The summed E-state index contributed by atoms with van der Waals surface area (Å²) in [6.45, 7) is 1.90. The molecule has 3 rings (SSSR count). The molecule has 1 unspecified atom stereocenters. The summed E-state index contributed by atoms with van der Waals surface area (Å²) in [4.78, 5) is 28.4. The van der Waals surface area contributed by atoms with Crippen molar-refractivity contribution in [1.29, 1.82) is 0 Å². The van der Waals surface area contributed by atoms with Crippen molar-refractivity contribution in [3.63, 3.8) is 0 Å². The summed E-state index contributed by atoms with van der Waals surface area (Å²) in [7, 11) is -2.61. The van der Waals surface area contributed by atoms with Crippen LogP contribution in [0.15, 0.2) is 88.2 Å². The van der Waals surface area contributed by atoms with E-state index >= 15 is 0 Å². The zero-order valence-electron chi connectivity index (χ0n) is 20.6. The third kappa shape index (κ3) is 7.88. The van der Waals surface area contributed by atoms with Crippen LogP contribution in [-0.4, -0.2) is 55.6 Å². The number of hydrogen-bond acceptors (Lipinski definition) is 4. The number of benzene rings is 3. The summed E-state index contributed by atoms with van der Waals surface area (Å²) in [6, 6.07) is 21.7. The van der Waals surface area contributed by atoms with E-state index < -0.39 is 28.5 Å². The predicted molar refractivity (Wildman–Crippen MR) is 149 cm³/mol. The van der Waals surface area contributed by atoms with Gasteiger partial charge in [-0.2, -0.15) is 4.31 Å². The minimum absolute atomic E-state index is 0.0243. The van der Waals surface area contributed by atoms with Crippen molar-refractivity contribution in [3.05, 3.63) is 99.5 Å². The summed E-state index contributed by atoms with van der Waals surface area (Å²) in [5, 5.41) is 3.23. The second-order valence-electron chi connectivity index (χ2n) is 8.46. The smallest absolute Gasteiger partial charge is 0.243 e. The quantitative estimate of drug-likeness (QED) is 0.348. The first-order valence-electron chi connectivity index (χ1n) is 11.7. The standard InChI is InChI=1S/C27H29BrClN3O4S/c1-3-30-27(34)25(17-20-7-5-4-6-8-20)32(18-21-9-11-22(28)12-10-21)26(33)19-31(2)37(35,36)24-15-13-23(29)14-16-24/h4-16,25H,3,17-19H2,1-2H3,(H,30,34). The molecule has 1 atom stereocenters. The van der Waals surface area contributed by atoms with Crippen LogP contribution in [0.3, 0.4) is 0 Å². The largest absolute Gasteiger partial charge is 0.355 e. The molecule has 37 heavy (non-hydrogen) atoms. The van der Waals surface area contributed by atoms with Crippen LogP contribution in [0.4, 0.5) is 0 Å². The van der Waals surface area contributed by atoms with Gasteiger partial charge in [-0.05, 0) is 54.4 Å². The van der Waals surface area contributed by atoms with E-state index in [1.807, 2.05) is 61.5 Å². The van der Waals surface area contributed by atoms with E-state index in [0.29, 0.717) is 11.6 Å². The van der Waals surface area contributed by atoms with E-state index in [4.69, 9.17) is 11.6 Å². The number of hydrogen-bond donors (Lipinski definition) is 1. The van der Waals surface area contributed by atoms with Gasteiger partial charge in [-0.25, -0.2) is 8.42 Å². The lowest BCUT2D eigenvalue weighted by Crippen LogP contribution is -2.53. The van der Waals surface area contributed by atoms with Gasteiger partial charge in [0.25, 0.3) is 0 Å². The maximum Gasteiger partial charge on any atom is 0.243 e. The molecule has 0 aliphatic carbocycles. The minimum atomic E-state index is -3.96. The fourth-order valence-electron chi connectivity index (χ4n) is 3.79. The van der Waals surface area contributed by atoms with Crippen LogP contribution in [0.25, 0.3) is 0 Å². The van der Waals surface area contributed by atoms with Crippen LogP contribution < -0.4 is 5.32 Å². The molecule has 3 aromatic carbocycles. The molecule has 0 radical (unpaired) electrons. The highest BCUT2D eigenvalue weighted by Crippen LogP contribution is 2.20. The van der Waals surface area contributed by atoms with Gasteiger partial charge < -0.3 is 10.2 Å². The highest BCUT2D eigenvalue weighted by molar-refractivity contribution is 9.10. The number of carbonyl (C=O) groups excluding carboxylic acids is 2. The average Bonchev–Trinajstić information content (AvgIpc) is 2.88. The Labute approximate surface area is 231 Å². The SMILES string of the molecule is CCNC(=O)C(Cc1ccccc1)N(Cc1ccc(Br)cc1)C(=O)CN(C)S(=O)(=O)c1ccc(Cl)cc1. The van der Waals surface area contributed by atoms with Crippen LogP contribution in [0.1, 0.15) is 18.1 Å². The Bertz CT molecular complexity index is 1300. The van der Waals surface area contributed by atoms with Gasteiger partial charge in [-0.15, -0.1) is 0 Å². The zero-order valence-corrected chi connectivity index (χ0v) is 23.8. The lowest BCUT2D eigenvalue weighted by molar-refractivity contribution is -0.141. The maximum absolute atomic E-state index is 13.7. The first-order valence-corrected chi connectivity index (χ1v) is 14.3. The highest BCUT2D eigenvalue weighted by atomic mass is 79.9. The van der Waals surface area contributed by atoms with E-state index in [1.54, 1.807) is 0 Å². The first-order chi connectivity index (χ1) is 17.6. The molecule has 0 bridgehead atoms. The molecule has 0 aliphatic rings. The van der Waals surface area contributed by atoms with Gasteiger partial charge in [0.15, 0.2) is 0 Å². The van der Waals surface area contributed by atoms with Gasteiger partial charge in [-0.1, -0.05) is 70.0 Å². The Morgan fingerprint density at radius 2 is 1.57 bits per heavy atom. The molecule has 0 aromatic heterocycles. The average molecular weight is 607 g/mol. The predicted octanol–water partition coefficient (Wildman–Crippen LogP) is 4.50. The number of likely N-dealkylation sites (N-methyl/N-ethyl adjacent to an activating group) is 2. The normalized spacial score (nSPS) is 12.2. The van der Waals surface area contributed by atoms with E-state index in [1.165, 1.54) is 36.2 Å². The van der Waals surface area contributed by atoms with Crippen molar-refractivity contribution >= 4 is 49.4 Å². The molecule has 0 heterocycles. The number of rotatable bonds is 11. The van der Waals surface area contributed by atoms with Crippen LogP contribution >= 0.6 is 27.5 Å². The van der Waals surface area contributed by atoms with Crippen molar-refractivity contribution in [2.24, 2.45) is 0 Å². The topological polar surface area (TPSA) is 86.8 Å². The van der Waals surface area contributed by atoms with Gasteiger partial charge in [0, 0.05) is 36.1 Å². The summed E-state index contributed by atoms with van der Waals surface area (Å²) < 4.78 is 28.1. The second kappa shape index (κ2) is 13.2. The number of nitrogens with zero attached hydrogens (tertiary/aromatic N) is 2. The van der Waals surface area contributed by atoms with Gasteiger partial charge in [0.2, 0.25) is 21.8 Å². The third-order valence-corrected chi connectivity index (χ3v) is 8.37. The van der Waals surface area contributed by atoms with Crippen LogP contribution in [0.5, 0.6) is 0 Å². The van der Waals surface area contributed by atoms with E-state index in [0.717, 1.165) is 19.9 Å². The summed E-state index contributed by atoms with van der Waals surface area (Å²) in [5.74, 6) is -0.796. The van der Waals surface area contributed by atoms with Crippen molar-refractivity contribution in [3.8, 4) is 0 Å². The molecule has 0 aliphatic heterocycles. The van der Waals surface area contributed by atoms with Gasteiger partial charge in [-0.3, -0.25) is 9.59 Å². The lowest BCUT2D eigenvalue weighted by Gasteiger charge is -2.32. The van der Waals surface area contributed by atoms with Crippen molar-refractivity contribution < 1.29 is 18.0 Å². The van der Waals surface area contributed by atoms with Gasteiger partial charge in [0.1, 0.15) is 6.04 Å². The summed E-state index contributed by atoms with van der Waals surface area (Å²) in [5.41, 5.74) is 1.69. The van der Waals surface area contributed by atoms with Gasteiger partial charge >= 0.3 is 0 Å². The Balaban J connectivity index is 1.94. The number of halogens is 2. The van der Waals surface area contributed by atoms with Crippen molar-refractivity contribution in [2.75, 3.05) is 20.1 Å². The molecular formula is C27H29BrClN3O4S. The fourth-order valence-corrected chi connectivity index (χ4v) is 5.30. The van der Waals surface area contributed by atoms with E-state index in [2.05, 4.69) is 21.2 Å². The molecule has 0 fully saturated rings. The zero-order chi connectivity index (χ0) is 27.0. The molecule has 1 N–H and O–H groups in total. The molecule has 0 spiro atoms. The molecule has 0 saturated carbocycles. The fraction of sp³-hybridized carbons (Fsp3) is 0.259. The molecule has 10 heteroatoms. The van der Waals surface area contributed by atoms with Gasteiger partial charge in [0.05, 0.1) is 11.4 Å². The molecule has 7 nitrogen and oxygen atoms in total. The molecule has 2 amide bonds. The van der Waals surface area contributed by atoms with Crippen molar-refractivity contribution in [1.82, 2.24) is 14.5 Å². The van der Waals surface area contributed by atoms with E-state index in [9.17, 15) is 18.0 Å². The molecular weight excluding hydrogens is 578 g/mol. The van der Waals surface area contributed by atoms with Crippen molar-refractivity contribution in [2.45, 2.75) is 30.8 Å². The Morgan fingerprint density at radius 3 is 2.16 bits per heavy atom. The monoisotopic (exact) mass is 605 g/mol. The highest BCUT2D eigenvalue weighted by Gasteiger charge is 2.32. The van der Waals surface area contributed by atoms with Crippen LogP contribution in [0, 0.1) is 0 Å². The summed E-state index contributed by atoms with van der Waals surface area (Å²) in [6.07, 6.45) is 0.280. The maximum atomic E-state index is 13.7. The summed E-state index contributed by atoms with van der Waals surface area (Å²) >= 11 is 9.31. The molecule has 3 aromatic rings.